The van der Waals surface area contributed by atoms with E-state index in [2.05, 4.69) is 65.4 Å². The molecule has 3 aromatic rings. The van der Waals surface area contributed by atoms with Crippen molar-refractivity contribution in [3.63, 3.8) is 0 Å². The number of pyridine rings is 1. The number of thioether (sulfide) groups is 1. The Morgan fingerprint density at radius 3 is 2.53 bits per heavy atom. The van der Waals surface area contributed by atoms with Gasteiger partial charge in [-0.3, -0.25) is 9.78 Å². The SMILES string of the molecule is CCN(CC)c1ccc(C=NNC(=O)CSc2cc(C)nc3ccc(C)cc23)cc1. The number of aromatic nitrogens is 1. The molecule has 0 unspecified atom stereocenters. The molecule has 1 amide bonds. The third-order valence-corrected chi connectivity index (χ3v) is 5.89. The van der Waals surface area contributed by atoms with Crippen molar-refractivity contribution in [2.24, 2.45) is 5.10 Å². The highest BCUT2D eigenvalue weighted by Gasteiger charge is 2.08. The third-order valence-electron chi connectivity index (χ3n) is 4.84. The molecule has 0 atom stereocenters. The number of nitrogens with zero attached hydrogens (tertiary/aromatic N) is 3. The van der Waals surface area contributed by atoms with Crippen molar-refractivity contribution in [1.29, 1.82) is 0 Å². The Labute approximate surface area is 182 Å². The van der Waals surface area contributed by atoms with Gasteiger partial charge in [0.15, 0.2) is 0 Å². The van der Waals surface area contributed by atoms with Crippen LogP contribution < -0.4 is 10.3 Å². The van der Waals surface area contributed by atoms with Crippen molar-refractivity contribution in [2.45, 2.75) is 32.6 Å². The van der Waals surface area contributed by atoms with Crippen LogP contribution in [0.2, 0.25) is 0 Å². The number of carbonyl (C=O) groups is 1. The van der Waals surface area contributed by atoms with Gasteiger partial charge in [0.2, 0.25) is 5.91 Å². The number of aryl methyl sites for hydroxylation is 2. The molecule has 0 spiro atoms. The Morgan fingerprint density at radius 2 is 1.83 bits per heavy atom. The summed E-state index contributed by atoms with van der Waals surface area (Å²) in [6.07, 6.45) is 1.67. The van der Waals surface area contributed by atoms with Crippen LogP contribution in [0.15, 0.2) is 58.5 Å². The van der Waals surface area contributed by atoms with Gasteiger partial charge in [0.25, 0.3) is 0 Å². The van der Waals surface area contributed by atoms with E-state index >= 15 is 0 Å². The topological polar surface area (TPSA) is 57.6 Å². The molecule has 0 aliphatic carbocycles. The van der Waals surface area contributed by atoms with Crippen molar-refractivity contribution in [3.05, 3.63) is 65.4 Å². The van der Waals surface area contributed by atoms with Crippen LogP contribution in [0, 0.1) is 13.8 Å². The molecule has 0 fully saturated rings. The van der Waals surface area contributed by atoms with Crippen LogP contribution in [-0.2, 0) is 4.79 Å². The van der Waals surface area contributed by atoms with E-state index in [1.165, 1.54) is 23.0 Å². The molecule has 156 valence electrons. The van der Waals surface area contributed by atoms with Crippen LogP contribution in [0.3, 0.4) is 0 Å². The van der Waals surface area contributed by atoms with Gasteiger partial charge in [0, 0.05) is 34.8 Å². The Morgan fingerprint density at radius 1 is 1.10 bits per heavy atom. The summed E-state index contributed by atoms with van der Waals surface area (Å²) >= 11 is 1.51. The lowest BCUT2D eigenvalue weighted by Crippen LogP contribution is -2.21. The van der Waals surface area contributed by atoms with E-state index in [-0.39, 0.29) is 5.91 Å². The first-order valence-electron chi connectivity index (χ1n) is 10.2. The monoisotopic (exact) mass is 420 g/mol. The van der Waals surface area contributed by atoms with E-state index < -0.39 is 0 Å². The highest BCUT2D eigenvalue weighted by atomic mass is 32.2. The summed E-state index contributed by atoms with van der Waals surface area (Å²) in [6.45, 7) is 10.3. The number of carbonyl (C=O) groups excluding carboxylic acids is 1. The Kier molecular flexibility index (Phi) is 7.46. The number of hydrogen-bond donors (Lipinski definition) is 1. The molecule has 5 nitrogen and oxygen atoms in total. The number of rotatable bonds is 8. The molecule has 30 heavy (non-hydrogen) atoms. The second kappa shape index (κ2) is 10.3. The van der Waals surface area contributed by atoms with E-state index in [1.807, 2.05) is 31.2 Å². The molecule has 0 aliphatic rings. The maximum absolute atomic E-state index is 12.2. The van der Waals surface area contributed by atoms with E-state index in [9.17, 15) is 4.79 Å². The lowest BCUT2D eigenvalue weighted by molar-refractivity contribution is -0.118. The van der Waals surface area contributed by atoms with Gasteiger partial charge in [-0.2, -0.15) is 5.10 Å². The number of amides is 1. The van der Waals surface area contributed by atoms with Crippen molar-refractivity contribution in [2.75, 3.05) is 23.7 Å². The fraction of sp³-hybridized carbons (Fsp3) is 0.292. The molecular formula is C24H28N4OS. The maximum Gasteiger partial charge on any atom is 0.250 e. The average molecular weight is 421 g/mol. The highest BCUT2D eigenvalue weighted by molar-refractivity contribution is 8.00. The first-order valence-corrected chi connectivity index (χ1v) is 11.2. The molecule has 1 N–H and O–H groups in total. The zero-order valence-electron chi connectivity index (χ0n) is 18.0. The Balaban J connectivity index is 1.58. The highest BCUT2D eigenvalue weighted by Crippen LogP contribution is 2.28. The largest absolute Gasteiger partial charge is 0.372 e. The fourth-order valence-electron chi connectivity index (χ4n) is 3.27. The zero-order chi connectivity index (χ0) is 21.5. The molecular weight excluding hydrogens is 392 g/mol. The standard InChI is InChI=1S/C24H28N4OS/c1-5-28(6-2)20-10-8-19(9-11-20)15-25-27-24(29)16-30-23-14-18(4)26-22-12-7-17(3)13-21(22)23/h7-15H,5-6,16H2,1-4H3,(H,27,29). The van der Waals surface area contributed by atoms with Crippen LogP contribution in [0.5, 0.6) is 0 Å². The molecule has 0 bridgehead atoms. The Bertz CT molecular complexity index is 1040. The molecule has 1 heterocycles. The second-order valence-electron chi connectivity index (χ2n) is 7.13. The summed E-state index contributed by atoms with van der Waals surface area (Å²) in [4.78, 5) is 20.2. The zero-order valence-corrected chi connectivity index (χ0v) is 18.8. The van der Waals surface area contributed by atoms with Gasteiger partial charge in [0.05, 0.1) is 17.5 Å². The maximum atomic E-state index is 12.2. The van der Waals surface area contributed by atoms with Gasteiger partial charge in [0.1, 0.15) is 0 Å². The van der Waals surface area contributed by atoms with Gasteiger partial charge < -0.3 is 4.90 Å². The number of hydrazone groups is 1. The molecule has 0 saturated heterocycles. The lowest BCUT2D eigenvalue weighted by atomic mass is 10.1. The quantitative estimate of drug-likeness (QED) is 0.319. The fourth-order valence-corrected chi connectivity index (χ4v) is 4.19. The average Bonchev–Trinajstić information content (AvgIpc) is 2.74. The van der Waals surface area contributed by atoms with Gasteiger partial charge in [-0.05, 0) is 63.6 Å². The van der Waals surface area contributed by atoms with E-state index in [4.69, 9.17) is 0 Å². The number of benzene rings is 2. The number of hydrogen-bond acceptors (Lipinski definition) is 5. The summed E-state index contributed by atoms with van der Waals surface area (Å²) < 4.78 is 0. The summed E-state index contributed by atoms with van der Waals surface area (Å²) in [5.41, 5.74) is 7.83. The molecule has 1 aromatic heterocycles. The number of nitrogens with one attached hydrogen (secondary N) is 1. The summed E-state index contributed by atoms with van der Waals surface area (Å²) in [5, 5.41) is 5.18. The van der Waals surface area contributed by atoms with E-state index in [0.29, 0.717) is 5.75 Å². The Hall–Kier alpha value is -2.86. The minimum atomic E-state index is -0.133. The number of fused-ring (bicyclic) bond motifs is 1. The van der Waals surface area contributed by atoms with Crippen LogP contribution in [-0.4, -0.2) is 35.9 Å². The second-order valence-corrected chi connectivity index (χ2v) is 8.15. The van der Waals surface area contributed by atoms with Crippen LogP contribution in [0.1, 0.15) is 30.7 Å². The van der Waals surface area contributed by atoms with E-state index in [0.717, 1.165) is 40.1 Å². The third kappa shape index (κ3) is 5.60. The number of anilines is 1. The van der Waals surface area contributed by atoms with E-state index in [1.54, 1.807) is 6.21 Å². The van der Waals surface area contributed by atoms with Crippen molar-refractivity contribution < 1.29 is 4.79 Å². The smallest absolute Gasteiger partial charge is 0.250 e. The molecule has 0 saturated carbocycles. The predicted molar refractivity (Wildman–Crippen MR) is 128 cm³/mol. The van der Waals surface area contributed by atoms with Crippen LogP contribution in [0.4, 0.5) is 5.69 Å². The minimum absolute atomic E-state index is 0.133. The summed E-state index contributed by atoms with van der Waals surface area (Å²) in [5.74, 6) is 0.163. The van der Waals surface area contributed by atoms with Crippen molar-refractivity contribution in [1.82, 2.24) is 10.4 Å². The molecule has 2 aromatic carbocycles. The lowest BCUT2D eigenvalue weighted by Gasteiger charge is -2.20. The van der Waals surface area contributed by atoms with Crippen molar-refractivity contribution in [3.8, 4) is 0 Å². The van der Waals surface area contributed by atoms with Crippen molar-refractivity contribution >= 4 is 40.5 Å². The molecule has 6 heteroatoms. The van der Waals surface area contributed by atoms with Gasteiger partial charge in [-0.15, -0.1) is 11.8 Å². The first kappa shape index (κ1) is 21.8. The molecule has 0 radical (unpaired) electrons. The normalized spacial score (nSPS) is 11.2. The predicted octanol–water partition coefficient (Wildman–Crippen LogP) is 4.94. The molecule has 0 aliphatic heterocycles. The first-order chi connectivity index (χ1) is 14.5. The summed E-state index contributed by atoms with van der Waals surface area (Å²) in [7, 11) is 0. The minimum Gasteiger partial charge on any atom is -0.372 e. The van der Waals surface area contributed by atoms with Gasteiger partial charge in [-0.25, -0.2) is 5.43 Å². The van der Waals surface area contributed by atoms with Crippen LogP contribution in [0.25, 0.3) is 10.9 Å². The van der Waals surface area contributed by atoms with Gasteiger partial charge >= 0.3 is 0 Å². The van der Waals surface area contributed by atoms with Gasteiger partial charge in [-0.1, -0.05) is 23.8 Å². The van der Waals surface area contributed by atoms with Crippen LogP contribution >= 0.6 is 11.8 Å². The molecule has 3 rings (SSSR count). The summed E-state index contributed by atoms with van der Waals surface area (Å²) in [6, 6.07) is 16.4.